The number of hydrogen-bond acceptors (Lipinski definition) is 3. The van der Waals surface area contributed by atoms with Crippen LogP contribution in [0.3, 0.4) is 0 Å². The molecule has 1 unspecified atom stereocenters. The quantitative estimate of drug-likeness (QED) is 0.845. The average molecular weight is 258 g/mol. The van der Waals surface area contributed by atoms with Crippen molar-refractivity contribution in [1.29, 1.82) is 0 Å². The number of carbonyl (C=O) groups excluding carboxylic acids is 1. The molecule has 0 aliphatic heterocycles. The summed E-state index contributed by atoms with van der Waals surface area (Å²) < 4.78 is 25.6. The van der Waals surface area contributed by atoms with Gasteiger partial charge in [-0.1, -0.05) is 18.2 Å². The van der Waals surface area contributed by atoms with Gasteiger partial charge in [0.1, 0.15) is 5.78 Å². The van der Waals surface area contributed by atoms with Crippen molar-refractivity contribution in [3.8, 4) is 0 Å². The van der Waals surface area contributed by atoms with Crippen LogP contribution in [-0.2, 0) is 16.0 Å². The molecule has 1 atom stereocenters. The predicted molar refractivity (Wildman–Crippen MR) is 58.4 cm³/mol. The van der Waals surface area contributed by atoms with Crippen LogP contribution < -0.4 is 0 Å². The number of aliphatic hydroxyl groups is 1. The summed E-state index contributed by atoms with van der Waals surface area (Å²) in [4.78, 5) is 21.8. The molecule has 0 radical (unpaired) electrons. The van der Waals surface area contributed by atoms with E-state index >= 15 is 0 Å². The Bertz CT molecular complexity index is 471. The van der Waals surface area contributed by atoms with Crippen LogP contribution in [0.2, 0.25) is 0 Å². The van der Waals surface area contributed by atoms with Gasteiger partial charge in [0, 0.05) is 12.0 Å². The SMILES string of the molecule is CC(=O)Cc1c(C(F)F)cccc1C(O)C(=O)O. The molecule has 6 heteroatoms. The van der Waals surface area contributed by atoms with E-state index in [0.29, 0.717) is 0 Å². The number of benzene rings is 1. The van der Waals surface area contributed by atoms with Crippen molar-refractivity contribution in [2.45, 2.75) is 25.9 Å². The van der Waals surface area contributed by atoms with Crippen LogP contribution >= 0.6 is 0 Å². The van der Waals surface area contributed by atoms with Crippen molar-refractivity contribution in [1.82, 2.24) is 0 Å². The van der Waals surface area contributed by atoms with E-state index in [2.05, 4.69) is 0 Å². The van der Waals surface area contributed by atoms with Crippen molar-refractivity contribution in [2.24, 2.45) is 0 Å². The Hall–Kier alpha value is -1.82. The molecule has 98 valence electrons. The van der Waals surface area contributed by atoms with Gasteiger partial charge in [0.25, 0.3) is 6.43 Å². The lowest BCUT2D eigenvalue weighted by atomic mass is 9.93. The summed E-state index contributed by atoms with van der Waals surface area (Å²) in [5.74, 6) is -1.94. The van der Waals surface area contributed by atoms with Gasteiger partial charge < -0.3 is 10.2 Å². The molecule has 18 heavy (non-hydrogen) atoms. The van der Waals surface area contributed by atoms with Gasteiger partial charge in [0.2, 0.25) is 0 Å². The number of aliphatic hydroxyl groups excluding tert-OH is 1. The first-order valence-electron chi connectivity index (χ1n) is 5.14. The van der Waals surface area contributed by atoms with E-state index in [0.717, 1.165) is 6.07 Å². The van der Waals surface area contributed by atoms with Crippen LogP contribution in [0.25, 0.3) is 0 Å². The minimum Gasteiger partial charge on any atom is -0.479 e. The van der Waals surface area contributed by atoms with Crippen LogP contribution in [0.5, 0.6) is 0 Å². The van der Waals surface area contributed by atoms with Gasteiger partial charge in [0.05, 0.1) is 0 Å². The Morgan fingerprint density at radius 2 is 1.83 bits per heavy atom. The number of aliphatic carboxylic acids is 1. The second-order valence-electron chi connectivity index (χ2n) is 3.84. The summed E-state index contributed by atoms with van der Waals surface area (Å²) in [7, 11) is 0. The molecular formula is C12H12F2O4. The molecule has 1 aromatic rings. The van der Waals surface area contributed by atoms with Crippen molar-refractivity contribution < 1.29 is 28.6 Å². The highest BCUT2D eigenvalue weighted by Gasteiger charge is 2.24. The third-order valence-corrected chi connectivity index (χ3v) is 2.44. The first-order chi connectivity index (χ1) is 8.34. The monoisotopic (exact) mass is 258 g/mol. The number of carboxylic acids is 1. The number of carbonyl (C=O) groups is 2. The van der Waals surface area contributed by atoms with Crippen molar-refractivity contribution in [3.05, 3.63) is 34.9 Å². The fraction of sp³-hybridized carbons (Fsp3) is 0.333. The van der Waals surface area contributed by atoms with Gasteiger partial charge in [-0.2, -0.15) is 0 Å². The van der Waals surface area contributed by atoms with Crippen molar-refractivity contribution in [3.63, 3.8) is 0 Å². The summed E-state index contributed by atoms with van der Waals surface area (Å²) >= 11 is 0. The fourth-order valence-electron chi connectivity index (χ4n) is 1.67. The lowest BCUT2D eigenvalue weighted by Crippen LogP contribution is -2.15. The predicted octanol–water partition coefficient (Wildman–Crippen LogP) is 1.87. The topological polar surface area (TPSA) is 74.6 Å². The highest BCUT2D eigenvalue weighted by Crippen LogP contribution is 2.29. The molecule has 1 aromatic carbocycles. The summed E-state index contributed by atoms with van der Waals surface area (Å²) in [5.41, 5.74) is -0.714. The molecule has 0 saturated heterocycles. The zero-order valence-corrected chi connectivity index (χ0v) is 9.56. The first-order valence-corrected chi connectivity index (χ1v) is 5.14. The largest absolute Gasteiger partial charge is 0.479 e. The molecule has 0 aromatic heterocycles. The van der Waals surface area contributed by atoms with Crippen LogP contribution in [0, 0.1) is 0 Å². The number of halogens is 2. The highest BCUT2D eigenvalue weighted by atomic mass is 19.3. The smallest absolute Gasteiger partial charge is 0.337 e. The fourth-order valence-corrected chi connectivity index (χ4v) is 1.67. The molecule has 0 amide bonds. The van der Waals surface area contributed by atoms with Crippen LogP contribution in [0.4, 0.5) is 8.78 Å². The minimum atomic E-state index is -2.83. The Labute approximate surface area is 102 Å². The number of alkyl halides is 2. The summed E-state index contributed by atoms with van der Waals surface area (Å²) in [5, 5.41) is 18.1. The van der Waals surface area contributed by atoms with Crippen LogP contribution in [0.1, 0.15) is 36.1 Å². The van der Waals surface area contributed by atoms with Gasteiger partial charge in [-0.15, -0.1) is 0 Å². The molecule has 4 nitrogen and oxygen atoms in total. The molecule has 2 N–H and O–H groups in total. The summed E-state index contributed by atoms with van der Waals surface area (Å²) in [6, 6.07) is 3.57. The second kappa shape index (κ2) is 5.68. The maximum Gasteiger partial charge on any atom is 0.337 e. The molecule has 0 bridgehead atoms. The first kappa shape index (κ1) is 14.2. The summed E-state index contributed by atoms with van der Waals surface area (Å²) in [6.07, 6.45) is -5.08. The lowest BCUT2D eigenvalue weighted by molar-refractivity contribution is -0.147. The lowest BCUT2D eigenvalue weighted by Gasteiger charge is -2.15. The van der Waals surface area contributed by atoms with E-state index in [1.54, 1.807) is 0 Å². The van der Waals surface area contributed by atoms with Crippen molar-refractivity contribution >= 4 is 11.8 Å². The van der Waals surface area contributed by atoms with Gasteiger partial charge in [-0.3, -0.25) is 4.79 Å². The standard InChI is InChI=1S/C12H12F2O4/c1-6(15)5-9-7(10(16)12(17)18)3-2-4-8(9)11(13)14/h2-4,10-11,16H,5H2,1H3,(H,17,18). The van der Waals surface area contributed by atoms with Gasteiger partial charge in [-0.25, -0.2) is 13.6 Å². The molecular weight excluding hydrogens is 246 g/mol. The molecule has 1 rings (SSSR count). The Kier molecular flexibility index (Phi) is 4.49. The van der Waals surface area contributed by atoms with E-state index < -0.39 is 24.1 Å². The van der Waals surface area contributed by atoms with E-state index in [1.165, 1.54) is 19.1 Å². The number of carboxylic acid groups (broad SMARTS) is 1. The maximum atomic E-state index is 12.8. The number of rotatable bonds is 5. The summed E-state index contributed by atoms with van der Waals surface area (Å²) in [6.45, 7) is 1.21. The molecule has 0 aliphatic rings. The third kappa shape index (κ3) is 3.10. The molecule has 0 spiro atoms. The molecule has 0 aliphatic carbocycles. The molecule has 0 saturated carbocycles. The van der Waals surface area contributed by atoms with Gasteiger partial charge >= 0.3 is 5.97 Å². The highest BCUT2D eigenvalue weighted by molar-refractivity contribution is 5.81. The normalized spacial score (nSPS) is 12.5. The van der Waals surface area contributed by atoms with E-state index in [4.69, 9.17) is 5.11 Å². The minimum absolute atomic E-state index is 0.116. The number of hydrogen-bond donors (Lipinski definition) is 2. The Morgan fingerprint density at radius 3 is 2.28 bits per heavy atom. The average Bonchev–Trinajstić information content (AvgIpc) is 2.27. The van der Waals surface area contributed by atoms with E-state index in [-0.39, 0.29) is 23.3 Å². The number of ketones is 1. The van der Waals surface area contributed by atoms with Gasteiger partial charge in [-0.05, 0) is 18.1 Å². The second-order valence-corrected chi connectivity index (χ2v) is 3.84. The Balaban J connectivity index is 3.36. The van der Waals surface area contributed by atoms with E-state index in [1.807, 2.05) is 0 Å². The maximum absolute atomic E-state index is 12.8. The Morgan fingerprint density at radius 1 is 1.28 bits per heavy atom. The van der Waals surface area contributed by atoms with Gasteiger partial charge in [0.15, 0.2) is 6.10 Å². The number of Topliss-reactive ketones (excluding diaryl/α,β-unsaturated/α-hetero) is 1. The van der Waals surface area contributed by atoms with Crippen LogP contribution in [0.15, 0.2) is 18.2 Å². The molecule has 0 heterocycles. The van der Waals surface area contributed by atoms with Crippen molar-refractivity contribution in [2.75, 3.05) is 0 Å². The molecule has 0 fully saturated rings. The van der Waals surface area contributed by atoms with E-state index in [9.17, 15) is 23.5 Å². The third-order valence-electron chi connectivity index (χ3n) is 2.44. The van der Waals surface area contributed by atoms with Crippen LogP contribution in [-0.4, -0.2) is 22.0 Å². The zero-order valence-electron chi connectivity index (χ0n) is 9.56. The zero-order chi connectivity index (χ0) is 13.9.